The number of hydrogen-bond donors (Lipinski definition) is 1. The number of carbonyl (C=O) groups excluding carboxylic acids is 2. The number of hydrogen-bond acceptors (Lipinski definition) is 6. The van der Waals surface area contributed by atoms with Gasteiger partial charge in [-0.05, 0) is 36.4 Å². The van der Waals surface area contributed by atoms with E-state index in [1.165, 1.54) is 11.9 Å². The van der Waals surface area contributed by atoms with Crippen molar-refractivity contribution in [3.63, 3.8) is 0 Å². The number of methoxy groups -OCH3 is 1. The van der Waals surface area contributed by atoms with Gasteiger partial charge in [0.1, 0.15) is 6.54 Å². The van der Waals surface area contributed by atoms with E-state index in [9.17, 15) is 9.59 Å². The van der Waals surface area contributed by atoms with Gasteiger partial charge in [0.2, 0.25) is 11.7 Å². The topological polar surface area (TPSA) is 99.0 Å². The van der Waals surface area contributed by atoms with Crippen LogP contribution in [0.5, 0.6) is 0 Å². The summed E-state index contributed by atoms with van der Waals surface area (Å²) in [5.74, 6) is -0.276. The third-order valence-electron chi connectivity index (χ3n) is 3.64. The maximum Gasteiger partial charge on any atom is 0.337 e. The van der Waals surface area contributed by atoms with Gasteiger partial charge in [0.05, 0.1) is 12.7 Å². The van der Waals surface area contributed by atoms with E-state index in [-0.39, 0.29) is 12.5 Å². The SMILES string of the molecule is COC(=O)c1ccc(NC(=O)Cn2nnc(-c3ccc(C)cc3)n2)cc1. The number of nitrogens with zero attached hydrogens (tertiary/aromatic N) is 4. The zero-order valence-electron chi connectivity index (χ0n) is 14.3. The highest BCUT2D eigenvalue weighted by Gasteiger charge is 2.10. The van der Waals surface area contributed by atoms with Crippen LogP contribution >= 0.6 is 0 Å². The molecule has 1 heterocycles. The van der Waals surface area contributed by atoms with Crippen molar-refractivity contribution in [1.82, 2.24) is 20.2 Å². The largest absolute Gasteiger partial charge is 0.465 e. The Morgan fingerprint density at radius 3 is 2.42 bits per heavy atom. The molecule has 8 nitrogen and oxygen atoms in total. The number of nitrogens with one attached hydrogen (secondary N) is 1. The smallest absolute Gasteiger partial charge is 0.337 e. The highest BCUT2D eigenvalue weighted by Crippen LogP contribution is 2.14. The summed E-state index contributed by atoms with van der Waals surface area (Å²) in [5.41, 5.74) is 2.94. The zero-order chi connectivity index (χ0) is 18.5. The molecule has 0 aliphatic carbocycles. The fraction of sp³-hybridized carbons (Fsp3) is 0.167. The molecular weight excluding hydrogens is 334 g/mol. The average molecular weight is 351 g/mol. The van der Waals surface area contributed by atoms with E-state index >= 15 is 0 Å². The molecule has 2 aromatic carbocycles. The summed E-state index contributed by atoms with van der Waals surface area (Å²) < 4.78 is 4.63. The molecule has 1 aromatic heterocycles. The van der Waals surface area contributed by atoms with Gasteiger partial charge in [-0.15, -0.1) is 10.2 Å². The molecule has 0 bridgehead atoms. The lowest BCUT2D eigenvalue weighted by molar-refractivity contribution is -0.117. The van der Waals surface area contributed by atoms with Gasteiger partial charge in [-0.3, -0.25) is 4.79 Å². The molecule has 132 valence electrons. The Morgan fingerprint density at radius 2 is 1.77 bits per heavy atom. The number of carbonyl (C=O) groups is 2. The Bertz CT molecular complexity index is 917. The second kappa shape index (κ2) is 7.56. The number of rotatable bonds is 5. The first kappa shape index (κ1) is 17.3. The minimum Gasteiger partial charge on any atom is -0.465 e. The van der Waals surface area contributed by atoms with E-state index in [1.807, 2.05) is 31.2 Å². The normalized spacial score (nSPS) is 10.4. The third kappa shape index (κ3) is 4.10. The number of benzene rings is 2. The summed E-state index contributed by atoms with van der Waals surface area (Å²) in [6.07, 6.45) is 0. The summed E-state index contributed by atoms with van der Waals surface area (Å²) in [6.45, 7) is 1.92. The lowest BCUT2D eigenvalue weighted by Crippen LogP contribution is -2.20. The molecular formula is C18H17N5O3. The maximum atomic E-state index is 12.1. The fourth-order valence-corrected chi connectivity index (χ4v) is 2.26. The van der Waals surface area contributed by atoms with Crippen LogP contribution in [0.1, 0.15) is 15.9 Å². The van der Waals surface area contributed by atoms with Crippen LogP contribution in [0, 0.1) is 6.92 Å². The van der Waals surface area contributed by atoms with Crippen molar-refractivity contribution in [3.05, 3.63) is 59.7 Å². The van der Waals surface area contributed by atoms with Crippen LogP contribution in [0.4, 0.5) is 5.69 Å². The standard InChI is InChI=1S/C18H17N5O3/c1-12-3-5-13(6-4-12)17-20-22-23(21-17)11-16(24)19-15-9-7-14(8-10-15)18(25)26-2/h3-10H,11H2,1-2H3,(H,19,24). The van der Waals surface area contributed by atoms with Crippen LogP contribution in [0.2, 0.25) is 0 Å². The number of aromatic nitrogens is 4. The van der Waals surface area contributed by atoms with Crippen molar-refractivity contribution < 1.29 is 14.3 Å². The van der Waals surface area contributed by atoms with Gasteiger partial charge in [-0.2, -0.15) is 4.80 Å². The molecule has 3 aromatic rings. The van der Waals surface area contributed by atoms with Gasteiger partial charge in [0.25, 0.3) is 0 Å². The monoisotopic (exact) mass is 351 g/mol. The van der Waals surface area contributed by atoms with E-state index < -0.39 is 5.97 Å². The van der Waals surface area contributed by atoms with Crippen LogP contribution < -0.4 is 5.32 Å². The van der Waals surface area contributed by atoms with Crippen LogP contribution in [0.3, 0.4) is 0 Å². The first-order valence-electron chi connectivity index (χ1n) is 7.88. The van der Waals surface area contributed by atoms with Crippen LogP contribution in [-0.4, -0.2) is 39.2 Å². The van der Waals surface area contributed by atoms with Gasteiger partial charge in [0, 0.05) is 11.3 Å². The number of tetrazole rings is 1. The van der Waals surface area contributed by atoms with E-state index in [0.29, 0.717) is 17.1 Å². The lowest BCUT2D eigenvalue weighted by Gasteiger charge is -2.05. The second-order valence-corrected chi connectivity index (χ2v) is 5.63. The molecule has 0 aliphatic heterocycles. The molecule has 0 saturated heterocycles. The van der Waals surface area contributed by atoms with Crippen molar-refractivity contribution in [2.75, 3.05) is 12.4 Å². The first-order valence-corrected chi connectivity index (χ1v) is 7.88. The predicted molar refractivity (Wildman–Crippen MR) is 94.4 cm³/mol. The van der Waals surface area contributed by atoms with Crippen LogP contribution in [0.25, 0.3) is 11.4 Å². The minimum atomic E-state index is -0.432. The minimum absolute atomic E-state index is 0.0718. The number of esters is 1. The molecule has 3 rings (SSSR count). The summed E-state index contributed by atoms with van der Waals surface area (Å²) in [4.78, 5) is 24.7. The first-order chi connectivity index (χ1) is 12.5. The van der Waals surface area contributed by atoms with Gasteiger partial charge >= 0.3 is 5.97 Å². The van der Waals surface area contributed by atoms with Crippen LogP contribution in [0.15, 0.2) is 48.5 Å². The van der Waals surface area contributed by atoms with Crippen molar-refractivity contribution in [2.24, 2.45) is 0 Å². The number of ether oxygens (including phenoxy) is 1. The molecule has 1 amide bonds. The number of amides is 1. The van der Waals surface area contributed by atoms with Crippen molar-refractivity contribution in [1.29, 1.82) is 0 Å². The molecule has 26 heavy (non-hydrogen) atoms. The Kier molecular flexibility index (Phi) is 5.02. The molecule has 0 unspecified atom stereocenters. The lowest BCUT2D eigenvalue weighted by atomic mass is 10.1. The van der Waals surface area contributed by atoms with E-state index in [1.54, 1.807) is 24.3 Å². The Morgan fingerprint density at radius 1 is 1.08 bits per heavy atom. The van der Waals surface area contributed by atoms with Gasteiger partial charge in [-0.25, -0.2) is 4.79 Å². The quantitative estimate of drug-likeness (QED) is 0.707. The summed E-state index contributed by atoms with van der Waals surface area (Å²) in [6, 6.07) is 14.1. The fourth-order valence-electron chi connectivity index (χ4n) is 2.26. The Hall–Kier alpha value is -3.55. The summed E-state index contributed by atoms with van der Waals surface area (Å²) in [7, 11) is 1.31. The third-order valence-corrected chi connectivity index (χ3v) is 3.64. The molecule has 0 saturated carbocycles. The number of anilines is 1. The van der Waals surface area contributed by atoms with Gasteiger partial charge in [-0.1, -0.05) is 29.8 Å². The van der Waals surface area contributed by atoms with E-state index in [0.717, 1.165) is 11.1 Å². The molecule has 0 atom stereocenters. The highest BCUT2D eigenvalue weighted by molar-refractivity contribution is 5.92. The number of aryl methyl sites for hydroxylation is 1. The van der Waals surface area contributed by atoms with Crippen molar-refractivity contribution in [2.45, 2.75) is 13.5 Å². The Labute approximate surface area is 149 Å². The van der Waals surface area contributed by atoms with Crippen molar-refractivity contribution >= 4 is 17.6 Å². The average Bonchev–Trinajstić information content (AvgIpc) is 3.10. The van der Waals surface area contributed by atoms with E-state index in [4.69, 9.17) is 0 Å². The highest BCUT2D eigenvalue weighted by atomic mass is 16.5. The summed E-state index contributed by atoms with van der Waals surface area (Å²) >= 11 is 0. The molecule has 0 aliphatic rings. The summed E-state index contributed by atoms with van der Waals surface area (Å²) in [5, 5.41) is 14.8. The van der Waals surface area contributed by atoms with Crippen molar-refractivity contribution in [3.8, 4) is 11.4 Å². The van der Waals surface area contributed by atoms with Gasteiger partial charge in [0.15, 0.2) is 0 Å². The second-order valence-electron chi connectivity index (χ2n) is 5.63. The molecule has 1 N–H and O–H groups in total. The molecule has 0 fully saturated rings. The molecule has 8 heteroatoms. The van der Waals surface area contributed by atoms with Gasteiger partial charge < -0.3 is 10.1 Å². The Balaban J connectivity index is 1.61. The van der Waals surface area contributed by atoms with Crippen LogP contribution in [-0.2, 0) is 16.1 Å². The molecule has 0 radical (unpaired) electrons. The van der Waals surface area contributed by atoms with E-state index in [2.05, 4.69) is 25.5 Å². The maximum absolute atomic E-state index is 12.1. The molecule has 0 spiro atoms. The zero-order valence-corrected chi connectivity index (χ0v) is 14.3. The predicted octanol–water partition coefficient (Wildman–Crippen LogP) is 2.07.